The number of rotatable bonds is 6. The summed E-state index contributed by atoms with van der Waals surface area (Å²) in [6.45, 7) is 0.699. The molecule has 0 saturated heterocycles. The number of amides is 2. The Bertz CT molecular complexity index is 819. The van der Waals surface area contributed by atoms with Crippen molar-refractivity contribution < 1.29 is 19.1 Å². The molecule has 1 aliphatic heterocycles. The number of methoxy groups -OCH3 is 2. The molecule has 0 fully saturated rings. The number of carbonyl (C=O) groups is 2. The predicted molar refractivity (Wildman–Crippen MR) is 92.7 cm³/mol. The van der Waals surface area contributed by atoms with E-state index in [0.717, 1.165) is 5.56 Å². The summed E-state index contributed by atoms with van der Waals surface area (Å²) in [6, 6.07) is 12.7. The molecule has 0 unspecified atom stereocenters. The Kier molecular flexibility index (Phi) is 4.61. The van der Waals surface area contributed by atoms with Crippen molar-refractivity contribution in [3.8, 4) is 11.5 Å². The molecule has 1 heterocycles. The largest absolute Gasteiger partial charge is 0.493 e. The number of carbonyl (C=O) groups excluding carboxylic acids is 2. The summed E-state index contributed by atoms with van der Waals surface area (Å²) >= 11 is 0. The molecule has 1 atom stereocenters. The molecule has 0 saturated carbocycles. The minimum absolute atomic E-state index is 0.0812. The third-order valence-electron chi connectivity index (χ3n) is 4.45. The van der Waals surface area contributed by atoms with Crippen molar-refractivity contribution >= 4 is 11.8 Å². The van der Waals surface area contributed by atoms with E-state index in [4.69, 9.17) is 15.2 Å². The van der Waals surface area contributed by atoms with Gasteiger partial charge in [0.15, 0.2) is 11.5 Å². The average Bonchev–Trinajstić information content (AvgIpc) is 2.95. The smallest absolute Gasteiger partial charge is 0.254 e. The molecule has 130 valence electrons. The van der Waals surface area contributed by atoms with Crippen molar-refractivity contribution in [1.29, 1.82) is 0 Å². The van der Waals surface area contributed by atoms with Crippen LogP contribution in [0.1, 0.15) is 27.4 Å². The first-order valence-electron chi connectivity index (χ1n) is 7.93. The van der Waals surface area contributed by atoms with Gasteiger partial charge in [0.1, 0.15) is 0 Å². The average molecular weight is 340 g/mol. The van der Waals surface area contributed by atoms with Crippen LogP contribution < -0.4 is 15.2 Å². The third kappa shape index (κ3) is 3.15. The number of hydrogen-bond acceptors (Lipinski definition) is 4. The van der Waals surface area contributed by atoms with Crippen LogP contribution in [0.3, 0.4) is 0 Å². The van der Waals surface area contributed by atoms with Gasteiger partial charge in [0, 0.05) is 18.7 Å². The van der Waals surface area contributed by atoms with Gasteiger partial charge in [-0.05, 0) is 29.3 Å². The van der Waals surface area contributed by atoms with E-state index in [1.54, 1.807) is 36.3 Å². The second-order valence-corrected chi connectivity index (χ2v) is 5.91. The molecule has 6 nitrogen and oxygen atoms in total. The maximum atomic E-state index is 12.5. The molecule has 0 spiro atoms. The lowest BCUT2D eigenvalue weighted by Crippen LogP contribution is -2.35. The van der Waals surface area contributed by atoms with Gasteiger partial charge in [0.2, 0.25) is 5.91 Å². The van der Waals surface area contributed by atoms with Crippen molar-refractivity contribution in [2.45, 2.75) is 12.5 Å². The lowest BCUT2D eigenvalue weighted by atomic mass is 9.97. The van der Waals surface area contributed by atoms with Gasteiger partial charge in [0.25, 0.3) is 5.91 Å². The third-order valence-corrected chi connectivity index (χ3v) is 4.45. The van der Waals surface area contributed by atoms with E-state index >= 15 is 0 Å². The molecule has 6 heteroatoms. The number of fused-ring (bicyclic) bond motifs is 1. The van der Waals surface area contributed by atoms with Crippen LogP contribution in [-0.4, -0.2) is 37.5 Å². The number of ether oxygens (including phenoxy) is 2. The highest BCUT2D eigenvalue weighted by Crippen LogP contribution is 2.32. The summed E-state index contributed by atoms with van der Waals surface area (Å²) < 4.78 is 10.5. The van der Waals surface area contributed by atoms with Crippen molar-refractivity contribution in [3.63, 3.8) is 0 Å². The Hall–Kier alpha value is -3.02. The molecule has 1 aliphatic rings. The quantitative estimate of drug-likeness (QED) is 0.871. The molecule has 0 aliphatic carbocycles. The van der Waals surface area contributed by atoms with Crippen LogP contribution in [0.2, 0.25) is 0 Å². The second-order valence-electron chi connectivity index (χ2n) is 5.91. The Labute approximate surface area is 146 Å². The Morgan fingerprint density at radius 1 is 1.16 bits per heavy atom. The predicted octanol–water partition coefficient (Wildman–Crippen LogP) is 1.93. The van der Waals surface area contributed by atoms with Gasteiger partial charge in [-0.15, -0.1) is 0 Å². The summed E-state index contributed by atoms with van der Waals surface area (Å²) in [6.07, 6.45) is 0. The highest BCUT2D eigenvalue weighted by molar-refractivity contribution is 5.98. The molecule has 3 rings (SSSR count). The molecule has 2 aromatic carbocycles. The molecule has 0 radical (unpaired) electrons. The minimum atomic E-state index is -0.627. The maximum Gasteiger partial charge on any atom is 0.254 e. The molecule has 2 amide bonds. The molecular weight excluding hydrogens is 320 g/mol. The molecule has 2 N–H and O–H groups in total. The topological polar surface area (TPSA) is 81.9 Å². The van der Waals surface area contributed by atoms with Crippen LogP contribution in [0, 0.1) is 0 Å². The summed E-state index contributed by atoms with van der Waals surface area (Å²) in [5, 5.41) is 0. The standard InChI is InChI=1S/C19H20N2O4/c1-24-16-8-7-12(9-17(16)25-2)15(18(20)22)11-21-10-13-5-3-4-6-14(13)19(21)23/h3-9,15H,10-11H2,1-2H3,(H2,20,22)/t15-/m0/s1. The van der Waals surface area contributed by atoms with Crippen LogP contribution in [0.5, 0.6) is 11.5 Å². The van der Waals surface area contributed by atoms with Crippen LogP contribution >= 0.6 is 0 Å². The fourth-order valence-corrected chi connectivity index (χ4v) is 3.11. The SMILES string of the molecule is COc1ccc([C@H](CN2Cc3ccccc3C2=O)C(N)=O)cc1OC. The second kappa shape index (κ2) is 6.84. The lowest BCUT2D eigenvalue weighted by molar-refractivity contribution is -0.119. The first-order chi connectivity index (χ1) is 12.0. The fourth-order valence-electron chi connectivity index (χ4n) is 3.11. The molecule has 0 aromatic heterocycles. The van der Waals surface area contributed by atoms with E-state index in [2.05, 4.69) is 0 Å². The zero-order valence-electron chi connectivity index (χ0n) is 14.2. The van der Waals surface area contributed by atoms with Gasteiger partial charge in [-0.1, -0.05) is 24.3 Å². The van der Waals surface area contributed by atoms with Gasteiger partial charge in [0.05, 0.1) is 20.1 Å². The van der Waals surface area contributed by atoms with E-state index in [9.17, 15) is 9.59 Å². The number of hydrogen-bond donors (Lipinski definition) is 1. The highest BCUT2D eigenvalue weighted by atomic mass is 16.5. The van der Waals surface area contributed by atoms with Crippen molar-refractivity contribution in [3.05, 3.63) is 59.2 Å². The van der Waals surface area contributed by atoms with E-state index in [1.165, 1.54) is 7.11 Å². The normalized spacial score (nSPS) is 14.2. The number of benzene rings is 2. The Morgan fingerprint density at radius 3 is 2.52 bits per heavy atom. The number of primary amides is 1. The molecular formula is C19H20N2O4. The first-order valence-corrected chi connectivity index (χ1v) is 7.93. The summed E-state index contributed by atoms with van der Waals surface area (Å²) in [5.74, 6) is -0.113. The zero-order chi connectivity index (χ0) is 18.0. The summed E-state index contributed by atoms with van der Waals surface area (Å²) in [4.78, 5) is 26.2. The van der Waals surface area contributed by atoms with Gasteiger partial charge in [-0.3, -0.25) is 9.59 Å². The van der Waals surface area contributed by atoms with E-state index in [1.807, 2.05) is 18.2 Å². The monoisotopic (exact) mass is 340 g/mol. The van der Waals surface area contributed by atoms with Crippen molar-refractivity contribution in [2.75, 3.05) is 20.8 Å². The summed E-state index contributed by atoms with van der Waals surface area (Å²) in [7, 11) is 3.07. The maximum absolute atomic E-state index is 12.5. The number of nitrogens with two attached hydrogens (primary N) is 1. The van der Waals surface area contributed by atoms with Crippen LogP contribution in [0.25, 0.3) is 0 Å². The van der Waals surface area contributed by atoms with Crippen LogP contribution in [-0.2, 0) is 11.3 Å². The Balaban J connectivity index is 1.86. The number of nitrogens with zero attached hydrogens (tertiary/aromatic N) is 1. The van der Waals surface area contributed by atoms with Gasteiger partial charge >= 0.3 is 0 Å². The minimum Gasteiger partial charge on any atom is -0.493 e. The molecule has 0 bridgehead atoms. The Morgan fingerprint density at radius 2 is 1.88 bits per heavy atom. The van der Waals surface area contributed by atoms with Gasteiger partial charge < -0.3 is 20.1 Å². The zero-order valence-corrected chi connectivity index (χ0v) is 14.2. The van der Waals surface area contributed by atoms with E-state index in [-0.39, 0.29) is 12.5 Å². The molecule has 25 heavy (non-hydrogen) atoms. The fraction of sp³-hybridized carbons (Fsp3) is 0.263. The van der Waals surface area contributed by atoms with Crippen molar-refractivity contribution in [1.82, 2.24) is 4.90 Å². The van der Waals surface area contributed by atoms with Crippen molar-refractivity contribution in [2.24, 2.45) is 5.73 Å². The summed E-state index contributed by atoms with van der Waals surface area (Å²) in [5.41, 5.74) is 7.94. The van der Waals surface area contributed by atoms with E-state index in [0.29, 0.717) is 29.2 Å². The molecule has 2 aromatic rings. The van der Waals surface area contributed by atoms with E-state index < -0.39 is 11.8 Å². The van der Waals surface area contributed by atoms with Crippen LogP contribution in [0.4, 0.5) is 0 Å². The first kappa shape index (κ1) is 16.8. The lowest BCUT2D eigenvalue weighted by Gasteiger charge is -2.22. The van der Waals surface area contributed by atoms with Gasteiger partial charge in [-0.25, -0.2) is 0 Å². The highest BCUT2D eigenvalue weighted by Gasteiger charge is 2.31. The van der Waals surface area contributed by atoms with Gasteiger partial charge in [-0.2, -0.15) is 0 Å². The van der Waals surface area contributed by atoms with Crippen LogP contribution in [0.15, 0.2) is 42.5 Å².